The number of thioether (sulfide) groups is 1. The van der Waals surface area contributed by atoms with Crippen LogP contribution in [-0.2, 0) is 4.79 Å². The maximum Gasteiger partial charge on any atom is 0.323 e. The molecule has 0 aromatic heterocycles. The van der Waals surface area contributed by atoms with Crippen molar-refractivity contribution in [3.8, 4) is 0 Å². The van der Waals surface area contributed by atoms with Crippen molar-refractivity contribution in [3.05, 3.63) is 0 Å². The summed E-state index contributed by atoms with van der Waals surface area (Å²) in [6.45, 7) is 5.87. The van der Waals surface area contributed by atoms with E-state index in [0.717, 1.165) is 17.9 Å². The topological polar surface area (TPSA) is 69.6 Å². The first kappa shape index (κ1) is 15.1. The molecular formula is C12H22N2O3S. The van der Waals surface area contributed by atoms with E-state index in [-0.39, 0.29) is 12.6 Å². The predicted molar refractivity (Wildman–Crippen MR) is 72.9 cm³/mol. The van der Waals surface area contributed by atoms with Gasteiger partial charge in [0.15, 0.2) is 0 Å². The molecule has 1 atom stereocenters. The minimum absolute atomic E-state index is 0.269. The van der Waals surface area contributed by atoms with Crippen LogP contribution in [0.5, 0.6) is 0 Å². The van der Waals surface area contributed by atoms with Crippen LogP contribution >= 0.6 is 11.8 Å². The zero-order valence-corrected chi connectivity index (χ0v) is 12.0. The summed E-state index contributed by atoms with van der Waals surface area (Å²) in [6.07, 6.45) is 1.12. The minimum atomic E-state index is -0.989. The molecule has 0 saturated carbocycles. The molecule has 1 aliphatic rings. The van der Waals surface area contributed by atoms with Gasteiger partial charge < -0.3 is 15.3 Å². The first-order chi connectivity index (χ1) is 8.30. The third-order valence-corrected chi connectivity index (χ3v) is 4.15. The van der Waals surface area contributed by atoms with E-state index in [1.807, 2.05) is 32.5 Å². The lowest BCUT2D eigenvalue weighted by atomic mass is 10.1. The molecule has 1 aliphatic heterocycles. The number of amides is 2. The second-order valence-corrected chi connectivity index (χ2v) is 6.72. The van der Waals surface area contributed by atoms with E-state index >= 15 is 0 Å². The average Bonchev–Trinajstić information content (AvgIpc) is 2.73. The molecule has 18 heavy (non-hydrogen) atoms. The Morgan fingerprint density at radius 3 is 2.56 bits per heavy atom. The number of nitrogens with one attached hydrogen (secondary N) is 1. The average molecular weight is 274 g/mol. The number of hydrogen-bond acceptors (Lipinski definition) is 3. The van der Waals surface area contributed by atoms with Gasteiger partial charge in [-0.05, 0) is 44.6 Å². The minimum Gasteiger partial charge on any atom is -0.480 e. The molecule has 0 spiro atoms. The molecule has 0 aromatic carbocycles. The van der Waals surface area contributed by atoms with Crippen LogP contribution in [0.4, 0.5) is 4.79 Å². The van der Waals surface area contributed by atoms with Crippen molar-refractivity contribution in [1.29, 1.82) is 0 Å². The van der Waals surface area contributed by atoms with Gasteiger partial charge in [0.1, 0.15) is 6.54 Å². The SMILES string of the molecule is CC(C)(C)N(CC(=O)O)C(=O)NCC1CCSC1. The van der Waals surface area contributed by atoms with E-state index in [0.29, 0.717) is 12.5 Å². The van der Waals surface area contributed by atoms with Gasteiger partial charge >= 0.3 is 12.0 Å². The Kier molecular flexibility index (Phi) is 5.31. The van der Waals surface area contributed by atoms with Crippen molar-refractivity contribution < 1.29 is 14.7 Å². The van der Waals surface area contributed by atoms with Crippen molar-refractivity contribution in [3.63, 3.8) is 0 Å². The lowest BCUT2D eigenvalue weighted by Gasteiger charge is -2.34. The van der Waals surface area contributed by atoms with Gasteiger partial charge in [0.05, 0.1) is 0 Å². The highest BCUT2D eigenvalue weighted by Crippen LogP contribution is 2.22. The largest absolute Gasteiger partial charge is 0.480 e. The summed E-state index contributed by atoms with van der Waals surface area (Å²) in [5.41, 5.74) is -0.493. The van der Waals surface area contributed by atoms with Gasteiger partial charge in [0.2, 0.25) is 0 Å². The molecule has 0 aromatic rings. The maximum atomic E-state index is 12.0. The Bertz CT molecular complexity index is 309. The van der Waals surface area contributed by atoms with E-state index in [9.17, 15) is 9.59 Å². The van der Waals surface area contributed by atoms with Gasteiger partial charge in [-0.2, -0.15) is 11.8 Å². The number of carbonyl (C=O) groups excluding carboxylic acids is 1. The molecule has 2 amide bonds. The molecule has 2 N–H and O–H groups in total. The van der Waals surface area contributed by atoms with Crippen LogP contribution in [-0.4, -0.2) is 52.1 Å². The Morgan fingerprint density at radius 1 is 1.44 bits per heavy atom. The number of hydrogen-bond donors (Lipinski definition) is 2. The van der Waals surface area contributed by atoms with Gasteiger partial charge in [0.25, 0.3) is 0 Å². The van der Waals surface area contributed by atoms with Gasteiger partial charge in [-0.25, -0.2) is 4.79 Å². The first-order valence-electron chi connectivity index (χ1n) is 6.15. The number of urea groups is 1. The molecule has 1 fully saturated rings. The third-order valence-electron chi connectivity index (χ3n) is 2.91. The lowest BCUT2D eigenvalue weighted by Crippen LogP contribution is -2.53. The molecule has 0 radical (unpaired) electrons. The Hall–Kier alpha value is -0.910. The summed E-state index contributed by atoms with van der Waals surface area (Å²) in [6, 6.07) is -0.290. The van der Waals surface area contributed by atoms with E-state index < -0.39 is 11.5 Å². The molecule has 1 unspecified atom stereocenters. The van der Waals surface area contributed by atoms with E-state index in [2.05, 4.69) is 5.32 Å². The monoisotopic (exact) mass is 274 g/mol. The van der Waals surface area contributed by atoms with Crippen LogP contribution in [0.15, 0.2) is 0 Å². The number of rotatable bonds is 4. The van der Waals surface area contributed by atoms with E-state index in [4.69, 9.17) is 5.11 Å². The quantitative estimate of drug-likeness (QED) is 0.817. The maximum absolute atomic E-state index is 12.0. The fourth-order valence-electron chi connectivity index (χ4n) is 1.82. The van der Waals surface area contributed by atoms with Crippen LogP contribution in [0.3, 0.4) is 0 Å². The zero-order chi connectivity index (χ0) is 13.8. The summed E-state index contributed by atoms with van der Waals surface area (Å²) in [5.74, 6) is 1.76. The molecule has 5 nitrogen and oxygen atoms in total. The van der Waals surface area contributed by atoms with Crippen molar-refractivity contribution in [2.24, 2.45) is 5.92 Å². The summed E-state index contributed by atoms with van der Waals surface area (Å²) < 4.78 is 0. The molecule has 6 heteroatoms. The predicted octanol–water partition coefficient (Wildman–Crippen LogP) is 1.63. The Balaban J connectivity index is 2.50. The number of aliphatic carboxylic acids is 1. The molecule has 104 valence electrons. The van der Waals surface area contributed by atoms with Gasteiger partial charge in [0, 0.05) is 12.1 Å². The molecular weight excluding hydrogens is 252 g/mol. The van der Waals surface area contributed by atoms with Crippen LogP contribution < -0.4 is 5.32 Å². The van der Waals surface area contributed by atoms with Crippen LogP contribution in [0.2, 0.25) is 0 Å². The fourth-order valence-corrected chi connectivity index (χ4v) is 3.10. The number of carboxylic acid groups (broad SMARTS) is 1. The van der Waals surface area contributed by atoms with E-state index in [1.165, 1.54) is 4.90 Å². The molecule has 1 rings (SSSR count). The highest BCUT2D eigenvalue weighted by molar-refractivity contribution is 7.99. The lowest BCUT2D eigenvalue weighted by molar-refractivity contribution is -0.138. The summed E-state index contributed by atoms with van der Waals surface area (Å²) in [4.78, 5) is 24.2. The van der Waals surface area contributed by atoms with Crippen LogP contribution in [0.25, 0.3) is 0 Å². The first-order valence-corrected chi connectivity index (χ1v) is 7.31. The van der Waals surface area contributed by atoms with Gasteiger partial charge in [-0.15, -0.1) is 0 Å². The molecule has 0 bridgehead atoms. The standard InChI is InChI=1S/C12H22N2O3S/c1-12(2,3)14(7-10(15)16)11(17)13-6-9-4-5-18-8-9/h9H,4-8H2,1-3H3,(H,13,17)(H,15,16). The fraction of sp³-hybridized carbons (Fsp3) is 0.833. The van der Waals surface area contributed by atoms with Gasteiger partial charge in [-0.3, -0.25) is 4.79 Å². The van der Waals surface area contributed by atoms with Gasteiger partial charge in [-0.1, -0.05) is 0 Å². The van der Waals surface area contributed by atoms with Crippen molar-refractivity contribution in [2.45, 2.75) is 32.7 Å². The smallest absolute Gasteiger partial charge is 0.323 e. The van der Waals surface area contributed by atoms with Crippen molar-refractivity contribution in [1.82, 2.24) is 10.2 Å². The van der Waals surface area contributed by atoms with Crippen LogP contribution in [0, 0.1) is 5.92 Å². The van der Waals surface area contributed by atoms with Crippen molar-refractivity contribution >= 4 is 23.8 Å². The second kappa shape index (κ2) is 6.31. The zero-order valence-electron chi connectivity index (χ0n) is 11.2. The number of nitrogens with zero attached hydrogens (tertiary/aromatic N) is 1. The Morgan fingerprint density at radius 2 is 2.11 bits per heavy atom. The molecule has 1 saturated heterocycles. The van der Waals surface area contributed by atoms with Crippen molar-refractivity contribution in [2.75, 3.05) is 24.6 Å². The van der Waals surface area contributed by atoms with Crippen LogP contribution in [0.1, 0.15) is 27.2 Å². The number of carboxylic acids is 1. The molecule has 0 aliphatic carbocycles. The normalized spacial score (nSPS) is 19.6. The number of carbonyl (C=O) groups is 2. The summed E-state index contributed by atoms with van der Waals surface area (Å²) in [7, 11) is 0. The highest BCUT2D eigenvalue weighted by Gasteiger charge is 2.28. The second-order valence-electron chi connectivity index (χ2n) is 5.57. The highest BCUT2D eigenvalue weighted by atomic mass is 32.2. The molecule has 1 heterocycles. The summed E-state index contributed by atoms with van der Waals surface area (Å²) in [5, 5.41) is 11.7. The summed E-state index contributed by atoms with van der Waals surface area (Å²) >= 11 is 1.90. The van der Waals surface area contributed by atoms with E-state index in [1.54, 1.807) is 0 Å². The Labute approximate surface area is 112 Å². The third kappa shape index (κ3) is 4.76.